The first-order valence-electron chi connectivity index (χ1n) is 10.2. The maximum atomic E-state index is 4.75. The number of hydrogen-bond acceptors (Lipinski definition) is 3. The highest BCUT2D eigenvalue weighted by molar-refractivity contribution is 14.0. The number of aryl methyl sites for hydroxylation is 3. The molecule has 0 saturated heterocycles. The van der Waals surface area contributed by atoms with Gasteiger partial charge in [-0.3, -0.25) is 0 Å². The topological polar surface area (TPSA) is 67.1 Å². The van der Waals surface area contributed by atoms with Gasteiger partial charge in [0.15, 0.2) is 5.96 Å². The van der Waals surface area contributed by atoms with Gasteiger partial charge >= 0.3 is 0 Å². The first-order chi connectivity index (χ1) is 13.2. The van der Waals surface area contributed by atoms with Crippen LogP contribution in [0.2, 0.25) is 0 Å². The van der Waals surface area contributed by atoms with Gasteiger partial charge in [-0.2, -0.15) is 0 Å². The standard InChI is InChI=1S/C21H32N6.HI/c1-4-22-21(24-15-18-10-9-16(2)14-17(18)3)23-12-11-20-26-25-19-8-6-5-7-13-27(19)20;/h9-10,14H,4-8,11-13,15H2,1-3H3,(H2,22,23,24);1H. The van der Waals surface area contributed by atoms with Crippen molar-refractivity contribution in [2.45, 2.75) is 66.0 Å². The smallest absolute Gasteiger partial charge is 0.191 e. The highest BCUT2D eigenvalue weighted by Crippen LogP contribution is 2.14. The monoisotopic (exact) mass is 496 g/mol. The Labute approximate surface area is 185 Å². The number of hydrogen-bond donors (Lipinski definition) is 2. The quantitative estimate of drug-likeness (QED) is 0.365. The molecule has 0 spiro atoms. The van der Waals surface area contributed by atoms with E-state index in [1.54, 1.807) is 0 Å². The average molecular weight is 496 g/mol. The third-order valence-electron chi connectivity index (χ3n) is 5.08. The molecule has 0 saturated carbocycles. The van der Waals surface area contributed by atoms with Crippen LogP contribution in [-0.4, -0.2) is 33.8 Å². The molecule has 7 heteroatoms. The number of guanidine groups is 1. The zero-order valence-electron chi connectivity index (χ0n) is 17.3. The number of nitrogens with one attached hydrogen (secondary N) is 2. The predicted molar refractivity (Wildman–Crippen MR) is 125 cm³/mol. The van der Waals surface area contributed by atoms with Crippen molar-refractivity contribution in [3.05, 3.63) is 46.5 Å². The molecule has 0 radical (unpaired) electrons. The van der Waals surface area contributed by atoms with Crippen molar-refractivity contribution in [1.29, 1.82) is 0 Å². The second-order valence-corrected chi connectivity index (χ2v) is 7.30. The fraction of sp³-hybridized carbons (Fsp3) is 0.571. The summed E-state index contributed by atoms with van der Waals surface area (Å²) in [6, 6.07) is 6.53. The number of benzene rings is 1. The SMILES string of the molecule is CCNC(=NCc1ccc(C)cc1C)NCCc1nnc2n1CCCCC2.I. The van der Waals surface area contributed by atoms with Crippen molar-refractivity contribution in [2.24, 2.45) is 4.99 Å². The lowest BCUT2D eigenvalue weighted by atomic mass is 10.1. The van der Waals surface area contributed by atoms with Crippen molar-refractivity contribution >= 4 is 29.9 Å². The summed E-state index contributed by atoms with van der Waals surface area (Å²) in [7, 11) is 0. The molecule has 0 fully saturated rings. The van der Waals surface area contributed by atoms with Gasteiger partial charge in [0.2, 0.25) is 0 Å². The van der Waals surface area contributed by atoms with E-state index < -0.39 is 0 Å². The maximum Gasteiger partial charge on any atom is 0.191 e. The van der Waals surface area contributed by atoms with E-state index in [4.69, 9.17) is 4.99 Å². The largest absolute Gasteiger partial charge is 0.357 e. The van der Waals surface area contributed by atoms with Crippen LogP contribution < -0.4 is 10.6 Å². The van der Waals surface area contributed by atoms with Crippen LogP contribution in [0, 0.1) is 13.8 Å². The molecule has 0 aliphatic carbocycles. The van der Waals surface area contributed by atoms with Gasteiger partial charge in [-0.1, -0.05) is 30.2 Å². The number of halogens is 1. The molecule has 3 rings (SSSR count). The maximum absolute atomic E-state index is 4.75. The lowest BCUT2D eigenvalue weighted by Gasteiger charge is -2.12. The van der Waals surface area contributed by atoms with Crippen LogP contribution in [0.3, 0.4) is 0 Å². The van der Waals surface area contributed by atoms with Crippen LogP contribution in [-0.2, 0) is 25.9 Å². The van der Waals surface area contributed by atoms with Crippen molar-refractivity contribution in [3.8, 4) is 0 Å². The van der Waals surface area contributed by atoms with Gasteiger partial charge in [-0.05, 0) is 44.7 Å². The normalized spacial score (nSPS) is 14.0. The van der Waals surface area contributed by atoms with Gasteiger partial charge in [0.25, 0.3) is 0 Å². The Bertz CT molecular complexity index is 783. The van der Waals surface area contributed by atoms with Crippen LogP contribution in [0.4, 0.5) is 0 Å². The minimum Gasteiger partial charge on any atom is -0.357 e. The molecule has 1 aliphatic heterocycles. The highest BCUT2D eigenvalue weighted by Gasteiger charge is 2.14. The molecule has 1 aromatic heterocycles. The summed E-state index contributed by atoms with van der Waals surface area (Å²) < 4.78 is 2.31. The van der Waals surface area contributed by atoms with E-state index >= 15 is 0 Å². The summed E-state index contributed by atoms with van der Waals surface area (Å²) in [6.07, 6.45) is 5.66. The molecular formula is C21H33IN6. The molecule has 0 amide bonds. The van der Waals surface area contributed by atoms with Crippen molar-refractivity contribution in [3.63, 3.8) is 0 Å². The van der Waals surface area contributed by atoms with Crippen LogP contribution in [0.1, 0.15) is 54.5 Å². The summed E-state index contributed by atoms with van der Waals surface area (Å²) in [5.41, 5.74) is 3.85. The van der Waals surface area contributed by atoms with E-state index in [1.807, 2.05) is 0 Å². The van der Waals surface area contributed by atoms with Crippen molar-refractivity contribution in [1.82, 2.24) is 25.4 Å². The molecule has 1 aromatic carbocycles. The van der Waals surface area contributed by atoms with Crippen LogP contribution in [0.15, 0.2) is 23.2 Å². The molecule has 2 heterocycles. The van der Waals surface area contributed by atoms with Gasteiger partial charge in [0, 0.05) is 32.5 Å². The van der Waals surface area contributed by atoms with Crippen LogP contribution in [0.25, 0.3) is 0 Å². The molecule has 0 atom stereocenters. The summed E-state index contributed by atoms with van der Waals surface area (Å²) in [5, 5.41) is 15.6. The van der Waals surface area contributed by atoms with Crippen LogP contribution in [0.5, 0.6) is 0 Å². The molecule has 2 aromatic rings. The summed E-state index contributed by atoms with van der Waals surface area (Å²) >= 11 is 0. The fourth-order valence-corrected chi connectivity index (χ4v) is 3.55. The Balaban J connectivity index is 0.00000280. The van der Waals surface area contributed by atoms with E-state index in [9.17, 15) is 0 Å². The number of rotatable bonds is 6. The third-order valence-corrected chi connectivity index (χ3v) is 5.08. The minimum absolute atomic E-state index is 0. The molecule has 154 valence electrons. The third kappa shape index (κ3) is 6.18. The number of fused-ring (bicyclic) bond motifs is 1. The Kier molecular flexibility index (Phi) is 9.21. The molecule has 0 unspecified atom stereocenters. The van der Waals surface area contributed by atoms with Gasteiger partial charge in [0.05, 0.1) is 6.54 Å². The summed E-state index contributed by atoms with van der Waals surface area (Å²) in [5.74, 6) is 3.09. The lowest BCUT2D eigenvalue weighted by Crippen LogP contribution is -2.38. The van der Waals surface area contributed by atoms with Crippen LogP contribution >= 0.6 is 24.0 Å². The summed E-state index contributed by atoms with van der Waals surface area (Å²) in [6.45, 7) is 9.75. The molecular weight excluding hydrogens is 463 g/mol. The lowest BCUT2D eigenvalue weighted by molar-refractivity contribution is 0.600. The van der Waals surface area contributed by atoms with Gasteiger partial charge in [0.1, 0.15) is 11.6 Å². The second kappa shape index (κ2) is 11.4. The number of aliphatic imine (C=N–C) groups is 1. The highest BCUT2D eigenvalue weighted by atomic mass is 127. The molecule has 2 N–H and O–H groups in total. The van der Waals surface area contributed by atoms with E-state index in [0.717, 1.165) is 50.1 Å². The Hall–Kier alpha value is -1.64. The Morgan fingerprint density at radius 3 is 2.79 bits per heavy atom. The minimum atomic E-state index is 0. The predicted octanol–water partition coefficient (Wildman–Crippen LogP) is 3.54. The van der Waals surface area contributed by atoms with Gasteiger partial charge in [-0.15, -0.1) is 34.2 Å². The van der Waals surface area contributed by atoms with Gasteiger partial charge < -0.3 is 15.2 Å². The van der Waals surface area contributed by atoms with E-state index in [-0.39, 0.29) is 24.0 Å². The van der Waals surface area contributed by atoms with Gasteiger partial charge in [-0.25, -0.2) is 4.99 Å². The van der Waals surface area contributed by atoms with E-state index in [1.165, 1.54) is 36.0 Å². The molecule has 6 nitrogen and oxygen atoms in total. The molecule has 0 bridgehead atoms. The first-order valence-corrected chi connectivity index (χ1v) is 10.2. The molecule has 28 heavy (non-hydrogen) atoms. The van der Waals surface area contributed by atoms with Crippen molar-refractivity contribution in [2.75, 3.05) is 13.1 Å². The number of aromatic nitrogens is 3. The first kappa shape index (κ1) is 22.6. The zero-order valence-corrected chi connectivity index (χ0v) is 19.6. The van der Waals surface area contributed by atoms with Crippen molar-refractivity contribution < 1.29 is 0 Å². The second-order valence-electron chi connectivity index (χ2n) is 7.30. The number of nitrogens with zero attached hydrogens (tertiary/aromatic N) is 4. The zero-order chi connectivity index (χ0) is 19.1. The van der Waals surface area contributed by atoms with E-state index in [0.29, 0.717) is 6.54 Å². The Morgan fingerprint density at radius 2 is 2.00 bits per heavy atom. The molecule has 1 aliphatic rings. The fourth-order valence-electron chi connectivity index (χ4n) is 3.55. The summed E-state index contributed by atoms with van der Waals surface area (Å²) in [4.78, 5) is 4.75. The Morgan fingerprint density at radius 1 is 1.14 bits per heavy atom. The average Bonchev–Trinajstić information content (AvgIpc) is 2.87. The van der Waals surface area contributed by atoms with E-state index in [2.05, 4.69) is 64.4 Å².